The molecule has 0 spiro atoms. The SMILES string of the molecule is C#Cc1ccccc1N.COC(=O)C1CC1c1cccc(Br)c1.O=S(=O)(Cl)c1ccc(Cl)cc1.PP(P)P(P)P(P(P)P)P(P(P)P)P(P)P. The van der Waals surface area contributed by atoms with Gasteiger partial charge in [-0.2, -0.15) is 0 Å². The summed E-state index contributed by atoms with van der Waals surface area (Å²) >= 11 is 8.94. The summed E-state index contributed by atoms with van der Waals surface area (Å²) in [5, 5.41) is 0.481. The number of carbonyl (C=O) groups is 1. The molecular weight excluding hydrogens is 1060 g/mol. The maximum atomic E-state index is 11.2. The first kappa shape index (κ1) is 52.4. The predicted octanol–water partition coefficient (Wildman–Crippen LogP) is 15.2. The first-order valence-electron chi connectivity index (χ1n) is 13.4. The fourth-order valence-corrected chi connectivity index (χ4v) is 169. The summed E-state index contributed by atoms with van der Waals surface area (Å²) < 4.78 is 27.1. The van der Waals surface area contributed by atoms with Crippen molar-refractivity contribution in [2.75, 3.05) is 12.8 Å². The molecule has 1 aliphatic carbocycles. The number of nitrogen functional groups attached to an aromatic ring is 1. The van der Waals surface area contributed by atoms with Crippen molar-refractivity contribution in [3.05, 3.63) is 93.4 Å². The third kappa shape index (κ3) is 19.9. The van der Waals surface area contributed by atoms with E-state index in [0.717, 1.165) is 16.5 Å². The van der Waals surface area contributed by atoms with E-state index in [0.29, 0.717) is 16.6 Å². The van der Waals surface area contributed by atoms with Crippen molar-refractivity contribution < 1.29 is 17.9 Å². The van der Waals surface area contributed by atoms with E-state index in [-0.39, 0.29) is 65.7 Å². The third-order valence-corrected chi connectivity index (χ3v) is 104. The number of methoxy groups -OCH3 is 1. The molecule has 4 rings (SSSR count). The summed E-state index contributed by atoms with van der Waals surface area (Å²) in [5.41, 5.74) is 8.13. The van der Waals surface area contributed by atoms with Gasteiger partial charge in [0.1, 0.15) is 0 Å². The Labute approximate surface area is 344 Å². The van der Waals surface area contributed by atoms with Gasteiger partial charge in [0.15, 0.2) is 0 Å². The van der Waals surface area contributed by atoms with Crippen molar-refractivity contribution in [3.63, 3.8) is 0 Å². The zero-order valence-electron chi connectivity index (χ0n) is 26.4. The Morgan fingerprint density at radius 3 is 1.82 bits per heavy atom. The summed E-state index contributed by atoms with van der Waals surface area (Å²) in [6.45, 7) is 0.740. The van der Waals surface area contributed by atoms with Crippen LogP contribution >= 0.6 is 167 Å². The smallest absolute Gasteiger partial charge is 0.309 e. The Hall–Kier alpha value is 4.38. The summed E-state index contributed by atoms with van der Waals surface area (Å²) in [4.78, 5) is 11.3. The average Bonchev–Trinajstić information content (AvgIpc) is 3.85. The molecule has 0 bridgehead atoms. The Morgan fingerprint density at radius 1 is 0.880 bits per heavy atom. The highest BCUT2D eigenvalue weighted by Gasteiger charge is 2.44. The molecule has 25 heteroatoms. The molecule has 276 valence electrons. The van der Waals surface area contributed by atoms with Crippen LogP contribution in [0.3, 0.4) is 0 Å². The first-order chi connectivity index (χ1) is 23.3. The van der Waals surface area contributed by atoms with Crippen LogP contribution in [0.25, 0.3) is 0 Å². The third-order valence-electron chi connectivity index (χ3n) is 5.98. The van der Waals surface area contributed by atoms with Crippen LogP contribution in [0.1, 0.15) is 23.5 Å². The number of hydrogen-bond acceptors (Lipinski definition) is 5. The molecule has 3 aromatic carbocycles. The second kappa shape index (κ2) is 27.2. The minimum atomic E-state index is -3.61. The van der Waals surface area contributed by atoms with Crippen LogP contribution < -0.4 is 5.73 Å². The van der Waals surface area contributed by atoms with Gasteiger partial charge in [-0.25, -0.2) is 8.42 Å². The number of para-hydroxylation sites is 1. The van der Waals surface area contributed by atoms with Crippen molar-refractivity contribution in [1.29, 1.82) is 0 Å². The maximum Gasteiger partial charge on any atom is 0.309 e. The molecule has 0 saturated heterocycles. The number of carbonyl (C=O) groups excluding carboxylic acids is 1. The molecule has 1 saturated carbocycles. The van der Waals surface area contributed by atoms with Crippen LogP contribution in [-0.4, -0.2) is 21.5 Å². The topological polar surface area (TPSA) is 86.5 Å². The minimum Gasteiger partial charge on any atom is -0.469 e. The predicted molar refractivity (Wildman–Crippen MR) is 276 cm³/mol. The Bertz CT molecular complexity index is 1650. The number of hydrogen-bond donors (Lipinski definition) is 1. The maximum absolute atomic E-state index is 11.2. The number of ether oxygens (including phenoxy) is 1. The van der Waals surface area contributed by atoms with Crippen LogP contribution in [0, 0.1) is 18.3 Å². The summed E-state index contributed by atoms with van der Waals surface area (Å²) in [6, 6.07) is 21.1. The van der Waals surface area contributed by atoms with Gasteiger partial charge in [-0.15, -0.1) is 86.8 Å². The number of benzene rings is 3. The van der Waals surface area contributed by atoms with E-state index in [4.69, 9.17) is 39.2 Å². The molecule has 0 heterocycles. The number of nitrogens with two attached hydrogens (primary N) is 1. The van der Waals surface area contributed by atoms with Crippen molar-refractivity contribution in [3.8, 4) is 12.3 Å². The molecule has 0 aliphatic heterocycles. The van der Waals surface area contributed by atoms with Gasteiger partial charge in [-0.1, -0.05) is 57.7 Å². The molecule has 50 heavy (non-hydrogen) atoms. The molecule has 5 nitrogen and oxygen atoms in total. The van der Waals surface area contributed by atoms with Gasteiger partial charge in [0.25, 0.3) is 9.05 Å². The molecule has 0 radical (unpaired) electrons. The lowest BCUT2D eigenvalue weighted by Gasteiger charge is -2.40. The van der Waals surface area contributed by atoms with E-state index >= 15 is 0 Å². The van der Waals surface area contributed by atoms with E-state index in [1.807, 2.05) is 30.3 Å². The molecule has 0 amide bonds. The van der Waals surface area contributed by atoms with E-state index < -0.39 is 9.05 Å². The molecule has 1 fully saturated rings. The van der Waals surface area contributed by atoms with Crippen LogP contribution in [0.5, 0.6) is 0 Å². The molecule has 13 atom stereocenters. The zero-order valence-corrected chi connectivity index (χ0v) is 47.0. The van der Waals surface area contributed by atoms with Gasteiger partial charge in [-0.05, 0) is 115 Å². The van der Waals surface area contributed by atoms with E-state index in [1.54, 1.807) is 6.07 Å². The molecule has 13 unspecified atom stereocenters. The molecule has 3 aromatic rings. The van der Waals surface area contributed by atoms with Crippen molar-refractivity contribution in [2.24, 2.45) is 5.92 Å². The Kier molecular flexibility index (Phi) is 28.5. The second-order valence-corrected chi connectivity index (χ2v) is 75.2. The Morgan fingerprint density at radius 2 is 1.42 bits per heavy atom. The molecule has 2 N–H and O–H groups in total. The van der Waals surface area contributed by atoms with Crippen LogP contribution in [0.4, 0.5) is 5.69 Å². The van der Waals surface area contributed by atoms with E-state index in [1.165, 1.54) is 36.9 Å². The number of halogens is 3. The molecule has 1 aliphatic rings. The molecule has 0 aromatic heterocycles. The summed E-state index contributed by atoms with van der Waals surface area (Å²) in [7, 11) is 30.7. The van der Waals surface area contributed by atoms with Gasteiger partial charge >= 0.3 is 5.97 Å². The first-order valence-corrected chi connectivity index (χ1v) is 45.1. The fourth-order valence-electron chi connectivity index (χ4n) is 3.61. The van der Waals surface area contributed by atoms with Crippen LogP contribution in [0.15, 0.2) is 82.2 Å². The summed E-state index contributed by atoms with van der Waals surface area (Å²) in [5.74, 6) is 2.82. The molecular formula is C25H40BrCl2NO4P16S. The normalized spacial score (nSPS) is 16.3. The van der Waals surface area contributed by atoms with Crippen molar-refractivity contribution >= 4 is 188 Å². The number of rotatable bonds is 9. The lowest BCUT2D eigenvalue weighted by atomic mass is 10.1. The Balaban J connectivity index is 0.000000340. The highest BCUT2D eigenvalue weighted by atomic mass is 79.9. The van der Waals surface area contributed by atoms with Crippen LogP contribution in [0.2, 0.25) is 5.02 Å². The lowest BCUT2D eigenvalue weighted by molar-refractivity contribution is -0.142. The quantitative estimate of drug-likeness (QED) is 0.0758. The highest BCUT2D eigenvalue weighted by Crippen LogP contribution is 3.24. The van der Waals surface area contributed by atoms with Gasteiger partial charge in [0.2, 0.25) is 0 Å². The average molecular weight is 1100 g/mol. The second-order valence-electron chi connectivity index (χ2n) is 9.53. The van der Waals surface area contributed by atoms with E-state index in [9.17, 15) is 13.2 Å². The number of anilines is 1. The highest BCUT2D eigenvalue weighted by molar-refractivity contribution is 9.30. The summed E-state index contributed by atoms with van der Waals surface area (Å²) in [6.07, 6.45) is 6.04. The largest absolute Gasteiger partial charge is 0.469 e. The minimum absolute atomic E-state index is 0.0589. The van der Waals surface area contributed by atoms with Gasteiger partial charge in [-0.3, -0.25) is 4.79 Å². The van der Waals surface area contributed by atoms with E-state index in [2.05, 4.69) is 114 Å². The van der Waals surface area contributed by atoms with Gasteiger partial charge in [0.05, 0.1) is 17.9 Å². The number of terminal acetylenes is 1. The van der Waals surface area contributed by atoms with Crippen molar-refractivity contribution in [1.82, 2.24) is 0 Å². The van der Waals surface area contributed by atoms with Gasteiger partial charge in [0, 0.05) is 31.4 Å². The number of esters is 1. The van der Waals surface area contributed by atoms with Gasteiger partial charge < -0.3 is 10.5 Å². The monoisotopic (exact) mass is 1090 g/mol. The van der Waals surface area contributed by atoms with Crippen molar-refractivity contribution in [2.45, 2.75) is 17.2 Å². The fraction of sp³-hybridized carbons (Fsp3) is 0.160. The lowest BCUT2D eigenvalue weighted by Crippen LogP contribution is -2.03. The van der Waals surface area contributed by atoms with Crippen LogP contribution in [-0.2, 0) is 18.6 Å². The zero-order chi connectivity index (χ0) is 38.3. The standard InChI is InChI=1S/C11H11BrO2.C8H7N.C6H4Cl2O2S.H18P16/c1-14-11(13)10-6-9(10)7-3-2-4-8(12)5-7;1-2-7-5-3-4-6-8(7)9;7-5-1-3-6(4-2-5)11(8,9)10;1-10(2)14(9)16(13(7)8)15(11(3)4)12(5)6/h2-5,9-10H,6H2,1H3;1,3-6H,9H2;1-4H;1-9H2.